The van der Waals surface area contributed by atoms with Crippen LogP contribution in [0.2, 0.25) is 0 Å². The maximum Gasteiger partial charge on any atom is 0.240 e. The fraction of sp³-hybridized carbons (Fsp3) is 0.818. The summed E-state index contributed by atoms with van der Waals surface area (Å²) in [6.45, 7) is 5.88. The van der Waals surface area contributed by atoms with Crippen LogP contribution >= 0.6 is 0 Å². The zero-order valence-electron chi connectivity index (χ0n) is 10.1. The molecule has 1 fully saturated rings. The van der Waals surface area contributed by atoms with E-state index in [0.29, 0.717) is 13.0 Å². The highest BCUT2D eigenvalue weighted by Gasteiger charge is 2.28. The molecule has 16 heavy (non-hydrogen) atoms. The van der Waals surface area contributed by atoms with Crippen molar-refractivity contribution in [3.8, 4) is 0 Å². The molecule has 1 unspecified atom stereocenters. The molecule has 1 rings (SSSR count). The number of aliphatic hydroxyl groups is 1. The van der Waals surface area contributed by atoms with Gasteiger partial charge in [-0.25, -0.2) is 0 Å². The van der Waals surface area contributed by atoms with Gasteiger partial charge in [0.25, 0.3) is 0 Å². The average Bonchev–Trinajstić information content (AvgIpc) is 2.50. The lowest BCUT2D eigenvalue weighted by Gasteiger charge is -2.30. The first-order chi connectivity index (χ1) is 7.33. The van der Waals surface area contributed by atoms with E-state index in [2.05, 4.69) is 5.32 Å². The highest BCUT2D eigenvalue weighted by atomic mass is 16.3. The molecule has 0 aliphatic carbocycles. The van der Waals surface area contributed by atoms with Crippen molar-refractivity contribution >= 4 is 11.8 Å². The molecule has 1 aliphatic rings. The molecule has 1 aliphatic heterocycles. The van der Waals surface area contributed by atoms with Gasteiger partial charge in [0.1, 0.15) is 0 Å². The maximum absolute atomic E-state index is 11.6. The summed E-state index contributed by atoms with van der Waals surface area (Å²) in [6, 6.07) is 0. The van der Waals surface area contributed by atoms with E-state index in [9.17, 15) is 14.7 Å². The Morgan fingerprint density at radius 3 is 2.69 bits per heavy atom. The van der Waals surface area contributed by atoms with E-state index < -0.39 is 11.6 Å². The molecule has 0 saturated carbocycles. The van der Waals surface area contributed by atoms with Gasteiger partial charge < -0.3 is 15.3 Å². The van der Waals surface area contributed by atoms with Crippen molar-refractivity contribution in [1.82, 2.24) is 10.2 Å². The van der Waals surface area contributed by atoms with Gasteiger partial charge in [0.2, 0.25) is 11.8 Å². The van der Waals surface area contributed by atoms with Gasteiger partial charge in [-0.15, -0.1) is 0 Å². The van der Waals surface area contributed by atoms with E-state index in [1.54, 1.807) is 25.7 Å². The zero-order chi connectivity index (χ0) is 12.3. The predicted octanol–water partition coefficient (Wildman–Crippen LogP) is -0.116. The van der Waals surface area contributed by atoms with E-state index in [-0.39, 0.29) is 18.4 Å². The molecule has 0 spiro atoms. The van der Waals surface area contributed by atoms with Crippen molar-refractivity contribution in [1.29, 1.82) is 0 Å². The van der Waals surface area contributed by atoms with Gasteiger partial charge >= 0.3 is 0 Å². The number of likely N-dealkylation sites (tertiary alicyclic amines) is 1. The summed E-state index contributed by atoms with van der Waals surface area (Å²) in [7, 11) is 0. The quantitative estimate of drug-likeness (QED) is 0.705. The Morgan fingerprint density at radius 2 is 2.25 bits per heavy atom. The van der Waals surface area contributed by atoms with Crippen molar-refractivity contribution in [2.24, 2.45) is 0 Å². The van der Waals surface area contributed by atoms with Gasteiger partial charge in [-0.3, -0.25) is 9.59 Å². The molecule has 0 aromatic heterocycles. The molecule has 92 valence electrons. The summed E-state index contributed by atoms with van der Waals surface area (Å²) in [5.41, 5.74) is -0.667. The smallest absolute Gasteiger partial charge is 0.240 e. The van der Waals surface area contributed by atoms with E-state index in [1.807, 2.05) is 0 Å². The Morgan fingerprint density at radius 1 is 1.62 bits per heavy atom. The molecule has 1 atom stereocenters. The minimum absolute atomic E-state index is 0.0324. The zero-order valence-corrected chi connectivity index (χ0v) is 10.1. The van der Waals surface area contributed by atoms with Crippen molar-refractivity contribution in [3.05, 3.63) is 0 Å². The average molecular weight is 228 g/mol. The van der Waals surface area contributed by atoms with Gasteiger partial charge in [-0.2, -0.15) is 0 Å². The third kappa shape index (κ3) is 3.20. The molecule has 5 nitrogen and oxygen atoms in total. The second-order valence-corrected chi connectivity index (χ2v) is 4.86. The Labute approximate surface area is 95.8 Å². The minimum atomic E-state index is -0.667. The number of rotatable bonds is 4. The molecule has 1 saturated heterocycles. The Hall–Kier alpha value is -1.10. The van der Waals surface area contributed by atoms with E-state index in [4.69, 9.17) is 0 Å². The molecule has 0 radical (unpaired) electrons. The molecule has 0 aromatic carbocycles. The third-order valence-corrected chi connectivity index (χ3v) is 3.01. The van der Waals surface area contributed by atoms with Crippen LogP contribution in [0.5, 0.6) is 0 Å². The van der Waals surface area contributed by atoms with Crippen LogP contribution in [0, 0.1) is 0 Å². The van der Waals surface area contributed by atoms with Gasteiger partial charge in [-0.1, -0.05) is 0 Å². The summed E-state index contributed by atoms with van der Waals surface area (Å²) in [4.78, 5) is 24.5. The SMILES string of the molecule is CC(O)C(C)(C)NC(=O)CN1CCCC1=O. The molecule has 0 aromatic rings. The standard InChI is InChI=1S/C11H20N2O3/c1-8(14)11(2,3)12-9(15)7-13-6-4-5-10(13)16/h8,14H,4-7H2,1-3H3,(H,12,15). The van der Waals surface area contributed by atoms with Gasteiger partial charge in [0, 0.05) is 13.0 Å². The van der Waals surface area contributed by atoms with Crippen molar-refractivity contribution < 1.29 is 14.7 Å². The lowest BCUT2D eigenvalue weighted by molar-refractivity contribution is -0.134. The fourth-order valence-electron chi connectivity index (χ4n) is 1.55. The first kappa shape index (κ1) is 13.0. The van der Waals surface area contributed by atoms with E-state index >= 15 is 0 Å². The first-order valence-corrected chi connectivity index (χ1v) is 5.60. The van der Waals surface area contributed by atoms with Crippen LogP contribution in [0.1, 0.15) is 33.6 Å². The number of amides is 2. The summed E-state index contributed by atoms with van der Waals surface area (Å²) in [5.74, 6) is -0.189. The monoisotopic (exact) mass is 228 g/mol. The molecule has 1 heterocycles. The van der Waals surface area contributed by atoms with Crippen molar-refractivity contribution in [2.45, 2.75) is 45.3 Å². The number of nitrogens with one attached hydrogen (secondary N) is 1. The number of hydrogen-bond donors (Lipinski definition) is 2. The number of nitrogens with zero attached hydrogens (tertiary/aromatic N) is 1. The van der Waals surface area contributed by atoms with Gasteiger partial charge in [0.05, 0.1) is 18.2 Å². The normalized spacial score (nSPS) is 18.8. The molecule has 5 heteroatoms. The number of carbonyl (C=O) groups excluding carboxylic acids is 2. The Kier molecular flexibility index (Phi) is 3.91. The summed E-state index contributed by atoms with van der Waals surface area (Å²) < 4.78 is 0. The summed E-state index contributed by atoms with van der Waals surface area (Å²) in [5, 5.41) is 12.2. The van der Waals surface area contributed by atoms with E-state index in [0.717, 1.165) is 6.42 Å². The van der Waals surface area contributed by atoms with Crippen LogP contribution in [-0.4, -0.2) is 46.6 Å². The number of hydrogen-bond acceptors (Lipinski definition) is 3. The van der Waals surface area contributed by atoms with Crippen LogP contribution in [0.25, 0.3) is 0 Å². The Bertz CT molecular complexity index is 287. The molecule has 2 N–H and O–H groups in total. The predicted molar refractivity (Wildman–Crippen MR) is 59.7 cm³/mol. The largest absolute Gasteiger partial charge is 0.391 e. The van der Waals surface area contributed by atoms with Crippen LogP contribution < -0.4 is 5.32 Å². The van der Waals surface area contributed by atoms with Crippen LogP contribution in [0.3, 0.4) is 0 Å². The number of carbonyl (C=O) groups is 2. The van der Waals surface area contributed by atoms with Crippen LogP contribution in [0.15, 0.2) is 0 Å². The second-order valence-electron chi connectivity index (χ2n) is 4.86. The minimum Gasteiger partial charge on any atom is -0.391 e. The van der Waals surface area contributed by atoms with Crippen molar-refractivity contribution in [2.75, 3.05) is 13.1 Å². The lowest BCUT2D eigenvalue weighted by Crippen LogP contribution is -2.53. The summed E-state index contributed by atoms with van der Waals surface area (Å²) in [6.07, 6.45) is 0.727. The Balaban J connectivity index is 2.44. The van der Waals surface area contributed by atoms with Crippen LogP contribution in [0.4, 0.5) is 0 Å². The molecular formula is C11H20N2O3. The first-order valence-electron chi connectivity index (χ1n) is 5.60. The van der Waals surface area contributed by atoms with Gasteiger partial charge in [-0.05, 0) is 27.2 Å². The topological polar surface area (TPSA) is 69.6 Å². The highest BCUT2D eigenvalue weighted by molar-refractivity contribution is 5.86. The fourth-order valence-corrected chi connectivity index (χ4v) is 1.55. The lowest BCUT2D eigenvalue weighted by atomic mass is 9.99. The molecular weight excluding hydrogens is 208 g/mol. The summed E-state index contributed by atoms with van der Waals surface area (Å²) >= 11 is 0. The van der Waals surface area contributed by atoms with Gasteiger partial charge in [0.15, 0.2) is 0 Å². The van der Waals surface area contributed by atoms with Crippen molar-refractivity contribution in [3.63, 3.8) is 0 Å². The number of aliphatic hydroxyl groups excluding tert-OH is 1. The molecule has 0 bridgehead atoms. The van der Waals surface area contributed by atoms with Crippen LogP contribution in [-0.2, 0) is 9.59 Å². The second kappa shape index (κ2) is 4.82. The molecule has 2 amide bonds. The third-order valence-electron chi connectivity index (χ3n) is 3.01. The maximum atomic E-state index is 11.6. The van der Waals surface area contributed by atoms with E-state index in [1.165, 1.54) is 0 Å². The highest BCUT2D eigenvalue weighted by Crippen LogP contribution is 2.11.